The first-order valence-electron chi connectivity index (χ1n) is 8.09. The normalized spacial score (nSPS) is 16.2. The molecular weight excluding hydrogens is 416 g/mol. The van der Waals surface area contributed by atoms with E-state index in [4.69, 9.17) is 16.3 Å². The van der Waals surface area contributed by atoms with Crippen LogP contribution in [0.25, 0.3) is 0 Å². The fraction of sp³-hybridized carbons (Fsp3) is 0.444. The van der Waals surface area contributed by atoms with Crippen LogP contribution in [0.2, 0.25) is 5.15 Å². The van der Waals surface area contributed by atoms with Crippen LogP contribution < -0.4 is 4.74 Å². The van der Waals surface area contributed by atoms with Crippen LogP contribution in [0.4, 0.5) is 0 Å². The molecule has 0 N–H and O–H groups in total. The molecule has 1 fully saturated rings. The second kappa shape index (κ2) is 12.6. The minimum Gasteiger partial charge on any atom is -0.490 e. The number of hydrogen-bond acceptors (Lipinski definition) is 4. The van der Waals surface area contributed by atoms with Gasteiger partial charge in [-0.1, -0.05) is 11.6 Å². The first-order chi connectivity index (χ1) is 11.2. The average Bonchev–Trinajstić information content (AvgIpc) is 2.99. The molecule has 0 aliphatic carbocycles. The molecule has 0 bridgehead atoms. The van der Waals surface area contributed by atoms with Crippen LogP contribution in [0.15, 0.2) is 36.8 Å². The molecule has 0 unspecified atom stereocenters. The lowest BCUT2D eigenvalue weighted by Crippen LogP contribution is -2.30. The van der Waals surface area contributed by atoms with Gasteiger partial charge in [-0.25, -0.2) is 4.98 Å². The third-order valence-corrected chi connectivity index (χ3v) is 4.77. The summed E-state index contributed by atoms with van der Waals surface area (Å²) in [7, 11) is 2.15. The van der Waals surface area contributed by atoms with E-state index in [9.17, 15) is 0 Å². The molecule has 0 saturated carbocycles. The Hall–Kier alpha value is -0.780. The van der Waals surface area contributed by atoms with Crippen LogP contribution in [0, 0.1) is 0 Å². The molecule has 2 aromatic rings. The molecule has 146 valence electrons. The molecule has 1 aliphatic heterocycles. The molecule has 8 heteroatoms. The van der Waals surface area contributed by atoms with Crippen molar-refractivity contribution in [3.05, 3.63) is 53.1 Å². The quantitative estimate of drug-likeness (QED) is 0.612. The molecule has 3 rings (SSSR count). The van der Waals surface area contributed by atoms with Crippen LogP contribution in [-0.2, 0) is 12.8 Å². The predicted octanol–water partition coefficient (Wildman–Crippen LogP) is 4.65. The smallest absolute Gasteiger partial charge is 0.138 e. The van der Waals surface area contributed by atoms with Crippen molar-refractivity contribution in [1.82, 2.24) is 14.9 Å². The zero-order chi connectivity index (χ0) is 16.1. The molecule has 1 atom stereocenters. The molecule has 0 radical (unpaired) electrons. The molecule has 1 aliphatic rings. The topological polar surface area (TPSA) is 38.2 Å². The fourth-order valence-electron chi connectivity index (χ4n) is 2.94. The number of likely N-dealkylation sites (N-methyl/N-ethyl adjacent to an activating group) is 1. The molecule has 4 nitrogen and oxygen atoms in total. The van der Waals surface area contributed by atoms with Crippen molar-refractivity contribution >= 4 is 48.8 Å². The Morgan fingerprint density at radius 1 is 1.19 bits per heavy atom. The van der Waals surface area contributed by atoms with E-state index in [1.54, 1.807) is 6.20 Å². The average molecular weight is 441 g/mol. The van der Waals surface area contributed by atoms with Crippen LogP contribution in [0.5, 0.6) is 5.75 Å². The first kappa shape index (κ1) is 25.2. The summed E-state index contributed by atoms with van der Waals surface area (Å²) < 4.78 is 5.94. The summed E-state index contributed by atoms with van der Waals surface area (Å²) in [6.45, 7) is 1.87. The van der Waals surface area contributed by atoms with Crippen LogP contribution in [0.3, 0.4) is 0 Å². The Labute approximate surface area is 178 Å². The van der Waals surface area contributed by atoms with Gasteiger partial charge >= 0.3 is 0 Å². The number of halogens is 4. The van der Waals surface area contributed by atoms with Gasteiger partial charge in [0.25, 0.3) is 0 Å². The standard InChI is InChI=1S/C18H22ClN3O.3ClH/c1-22-10-2-3-16(22)13-23-17-11-15(18(19)21-12-17)5-4-14-6-8-20-9-7-14;;;/h6-9,11-12,16H,2-5,10,13H2,1H3;3*1H/t16-;;;/m1.../s1. The highest BCUT2D eigenvalue weighted by atomic mass is 35.5. The second-order valence-electron chi connectivity index (χ2n) is 6.06. The van der Waals surface area contributed by atoms with Crippen molar-refractivity contribution < 1.29 is 4.74 Å². The highest BCUT2D eigenvalue weighted by molar-refractivity contribution is 6.30. The number of pyridine rings is 2. The first-order valence-corrected chi connectivity index (χ1v) is 8.46. The lowest BCUT2D eigenvalue weighted by atomic mass is 10.1. The third kappa shape index (κ3) is 7.09. The summed E-state index contributed by atoms with van der Waals surface area (Å²) in [6, 6.07) is 6.58. The van der Waals surface area contributed by atoms with Gasteiger partial charge in [0, 0.05) is 18.4 Å². The van der Waals surface area contributed by atoms with Gasteiger partial charge in [0.15, 0.2) is 0 Å². The molecule has 3 heterocycles. The van der Waals surface area contributed by atoms with Crippen molar-refractivity contribution in [2.24, 2.45) is 0 Å². The SMILES string of the molecule is CN1CCC[C@@H]1COc1cnc(Cl)c(CCc2ccncc2)c1.Cl.Cl.Cl. The van der Waals surface area contributed by atoms with Gasteiger partial charge in [0.05, 0.1) is 6.20 Å². The van der Waals surface area contributed by atoms with Crippen molar-refractivity contribution in [2.45, 2.75) is 31.7 Å². The number of nitrogens with zero attached hydrogens (tertiary/aromatic N) is 3. The number of hydrogen-bond donors (Lipinski definition) is 0. The summed E-state index contributed by atoms with van der Waals surface area (Å²) in [6.07, 6.45) is 9.55. The van der Waals surface area contributed by atoms with E-state index in [0.717, 1.165) is 30.7 Å². The Bertz CT molecular complexity index is 646. The number of aromatic nitrogens is 2. The molecule has 26 heavy (non-hydrogen) atoms. The van der Waals surface area contributed by atoms with Crippen LogP contribution in [0.1, 0.15) is 24.0 Å². The number of rotatable bonds is 6. The molecule has 0 spiro atoms. The monoisotopic (exact) mass is 439 g/mol. The van der Waals surface area contributed by atoms with E-state index < -0.39 is 0 Å². The van der Waals surface area contributed by atoms with Crippen molar-refractivity contribution in [3.63, 3.8) is 0 Å². The van der Waals surface area contributed by atoms with Crippen molar-refractivity contribution in [3.8, 4) is 5.75 Å². The summed E-state index contributed by atoms with van der Waals surface area (Å²) >= 11 is 6.23. The number of ether oxygens (including phenoxy) is 1. The van der Waals surface area contributed by atoms with Gasteiger partial charge in [-0.05, 0) is 68.6 Å². The third-order valence-electron chi connectivity index (χ3n) is 4.43. The van der Waals surface area contributed by atoms with E-state index in [1.165, 1.54) is 18.4 Å². The number of aryl methyl sites for hydroxylation is 2. The predicted molar refractivity (Wildman–Crippen MR) is 114 cm³/mol. The van der Waals surface area contributed by atoms with Crippen LogP contribution in [-0.4, -0.2) is 41.1 Å². The van der Waals surface area contributed by atoms with E-state index >= 15 is 0 Å². The summed E-state index contributed by atoms with van der Waals surface area (Å²) in [5.41, 5.74) is 2.27. The second-order valence-corrected chi connectivity index (χ2v) is 6.42. The largest absolute Gasteiger partial charge is 0.490 e. The van der Waals surface area contributed by atoms with E-state index in [1.807, 2.05) is 30.6 Å². The van der Waals surface area contributed by atoms with Gasteiger partial charge in [0.1, 0.15) is 17.5 Å². The van der Waals surface area contributed by atoms with Gasteiger partial charge in [-0.3, -0.25) is 4.98 Å². The van der Waals surface area contributed by atoms with E-state index in [2.05, 4.69) is 21.9 Å². The zero-order valence-corrected chi connectivity index (χ0v) is 17.8. The van der Waals surface area contributed by atoms with Crippen LogP contribution >= 0.6 is 48.8 Å². The Kier molecular flexibility index (Phi) is 12.2. The van der Waals surface area contributed by atoms with Gasteiger partial charge in [0.2, 0.25) is 0 Å². The Morgan fingerprint density at radius 2 is 1.92 bits per heavy atom. The van der Waals surface area contributed by atoms with Crippen molar-refractivity contribution in [2.75, 3.05) is 20.2 Å². The lowest BCUT2D eigenvalue weighted by Gasteiger charge is -2.19. The summed E-state index contributed by atoms with van der Waals surface area (Å²) in [5.74, 6) is 0.805. The lowest BCUT2D eigenvalue weighted by molar-refractivity contribution is 0.197. The van der Waals surface area contributed by atoms with E-state index in [-0.39, 0.29) is 37.2 Å². The minimum atomic E-state index is 0. The number of likely N-dealkylation sites (tertiary alicyclic amines) is 1. The van der Waals surface area contributed by atoms with E-state index in [0.29, 0.717) is 17.8 Å². The molecule has 0 amide bonds. The van der Waals surface area contributed by atoms with Crippen molar-refractivity contribution in [1.29, 1.82) is 0 Å². The fourth-order valence-corrected chi connectivity index (χ4v) is 3.13. The molecule has 2 aromatic heterocycles. The van der Waals surface area contributed by atoms with Gasteiger partial charge < -0.3 is 9.64 Å². The highest BCUT2D eigenvalue weighted by Crippen LogP contribution is 2.22. The maximum atomic E-state index is 6.23. The molecule has 0 aromatic carbocycles. The minimum absolute atomic E-state index is 0. The molecular formula is C18H25Cl4N3O. The Morgan fingerprint density at radius 3 is 2.58 bits per heavy atom. The maximum absolute atomic E-state index is 6.23. The highest BCUT2D eigenvalue weighted by Gasteiger charge is 2.21. The maximum Gasteiger partial charge on any atom is 0.138 e. The zero-order valence-electron chi connectivity index (χ0n) is 14.6. The summed E-state index contributed by atoms with van der Waals surface area (Å²) in [5, 5.41) is 0.560. The summed E-state index contributed by atoms with van der Waals surface area (Å²) in [4.78, 5) is 10.7. The Balaban J connectivity index is 0.00000208. The molecule has 1 saturated heterocycles. The van der Waals surface area contributed by atoms with Gasteiger partial charge in [-0.2, -0.15) is 0 Å². The van der Waals surface area contributed by atoms with Gasteiger partial charge in [-0.15, -0.1) is 37.2 Å².